The zero-order chi connectivity index (χ0) is 18.1. The quantitative estimate of drug-likeness (QED) is 0.616. The minimum Gasteiger partial charge on any atom is -0.321 e. The lowest BCUT2D eigenvalue weighted by Gasteiger charge is -2.06. The Labute approximate surface area is 150 Å². The number of carbonyl (C=O) groups excluding carboxylic acids is 1. The smallest absolute Gasteiger partial charge is 0.274 e. The first kappa shape index (κ1) is 16.0. The second-order valence-electron chi connectivity index (χ2n) is 6.12. The number of pyridine rings is 1. The molecule has 3 aromatic heterocycles. The molecule has 128 valence electrons. The van der Waals surface area contributed by atoms with E-state index in [0.717, 1.165) is 28.3 Å². The summed E-state index contributed by atoms with van der Waals surface area (Å²) in [7, 11) is 0. The van der Waals surface area contributed by atoms with E-state index in [1.807, 2.05) is 62.4 Å². The number of hydrogen-bond donors (Lipinski definition) is 1. The third-order valence-electron chi connectivity index (χ3n) is 4.07. The molecule has 0 aliphatic carbocycles. The van der Waals surface area contributed by atoms with Crippen molar-refractivity contribution in [3.63, 3.8) is 0 Å². The summed E-state index contributed by atoms with van der Waals surface area (Å²) in [6.45, 7) is 3.90. The van der Waals surface area contributed by atoms with Gasteiger partial charge in [0.25, 0.3) is 5.91 Å². The number of anilines is 1. The maximum atomic E-state index is 12.6. The Balaban J connectivity index is 1.68. The molecule has 0 fully saturated rings. The van der Waals surface area contributed by atoms with Crippen molar-refractivity contribution in [3.05, 3.63) is 77.7 Å². The highest BCUT2D eigenvalue weighted by atomic mass is 16.1. The fourth-order valence-corrected chi connectivity index (χ4v) is 2.71. The molecule has 4 rings (SSSR count). The third-order valence-corrected chi connectivity index (χ3v) is 4.07. The van der Waals surface area contributed by atoms with Gasteiger partial charge in [-0.15, -0.1) is 0 Å². The number of hydrogen-bond acceptors (Lipinski definition) is 4. The molecule has 0 saturated heterocycles. The average Bonchev–Trinajstić information content (AvgIpc) is 3.09. The van der Waals surface area contributed by atoms with Crippen molar-refractivity contribution in [2.45, 2.75) is 13.8 Å². The average molecular weight is 343 g/mol. The van der Waals surface area contributed by atoms with Gasteiger partial charge in [0.15, 0.2) is 5.65 Å². The van der Waals surface area contributed by atoms with Crippen LogP contribution in [0.2, 0.25) is 0 Å². The molecule has 1 N–H and O–H groups in total. The van der Waals surface area contributed by atoms with Crippen molar-refractivity contribution < 1.29 is 4.79 Å². The highest BCUT2D eigenvalue weighted by Gasteiger charge is 2.14. The summed E-state index contributed by atoms with van der Waals surface area (Å²) in [4.78, 5) is 21.3. The third kappa shape index (κ3) is 3.04. The zero-order valence-electron chi connectivity index (χ0n) is 14.5. The van der Waals surface area contributed by atoms with Crippen LogP contribution in [0.3, 0.4) is 0 Å². The molecule has 0 spiro atoms. The molecule has 0 radical (unpaired) electrons. The first-order chi connectivity index (χ1) is 12.6. The molecule has 0 bridgehead atoms. The number of benzene rings is 1. The molecule has 0 aliphatic rings. The number of amides is 1. The minimum absolute atomic E-state index is 0.250. The number of rotatable bonds is 3. The van der Waals surface area contributed by atoms with E-state index in [2.05, 4.69) is 20.4 Å². The number of nitrogens with one attached hydrogen (secondary N) is 1. The highest BCUT2D eigenvalue weighted by molar-refractivity contribution is 6.03. The maximum absolute atomic E-state index is 12.6. The standard InChI is InChI=1S/C20H17N5O/c1-13-6-8-15(9-7-13)22-20(26)18-11-14(2)25-19(23-18)12-17(24-25)16-5-3-4-10-21-16/h3-12H,1-2H3,(H,22,26). The Kier molecular flexibility index (Phi) is 3.93. The van der Waals surface area contributed by atoms with Gasteiger partial charge in [-0.1, -0.05) is 23.8 Å². The monoisotopic (exact) mass is 343 g/mol. The second-order valence-corrected chi connectivity index (χ2v) is 6.12. The first-order valence-electron chi connectivity index (χ1n) is 8.27. The molecule has 4 aromatic rings. The lowest BCUT2D eigenvalue weighted by Crippen LogP contribution is -2.15. The van der Waals surface area contributed by atoms with Gasteiger partial charge in [-0.05, 0) is 44.2 Å². The Morgan fingerprint density at radius 1 is 1.00 bits per heavy atom. The summed E-state index contributed by atoms with van der Waals surface area (Å²) >= 11 is 0. The number of aryl methyl sites for hydroxylation is 2. The van der Waals surface area contributed by atoms with E-state index in [1.165, 1.54) is 0 Å². The number of nitrogens with zero attached hydrogens (tertiary/aromatic N) is 4. The predicted octanol–water partition coefficient (Wildman–Crippen LogP) is 3.66. The van der Waals surface area contributed by atoms with Crippen molar-refractivity contribution in [1.29, 1.82) is 0 Å². The normalized spacial score (nSPS) is 10.8. The van der Waals surface area contributed by atoms with Crippen molar-refractivity contribution in [1.82, 2.24) is 19.6 Å². The van der Waals surface area contributed by atoms with Crippen LogP contribution in [0, 0.1) is 13.8 Å². The fraction of sp³-hybridized carbons (Fsp3) is 0.100. The van der Waals surface area contributed by atoms with Crippen LogP contribution < -0.4 is 5.32 Å². The molecule has 0 unspecified atom stereocenters. The molecule has 6 nitrogen and oxygen atoms in total. The van der Waals surface area contributed by atoms with Gasteiger partial charge in [-0.2, -0.15) is 5.10 Å². The van der Waals surface area contributed by atoms with Gasteiger partial charge >= 0.3 is 0 Å². The van der Waals surface area contributed by atoms with Crippen LogP contribution in [0.1, 0.15) is 21.7 Å². The van der Waals surface area contributed by atoms with E-state index in [0.29, 0.717) is 11.3 Å². The lowest BCUT2D eigenvalue weighted by atomic mass is 10.2. The second kappa shape index (κ2) is 6.40. The van der Waals surface area contributed by atoms with E-state index >= 15 is 0 Å². The van der Waals surface area contributed by atoms with E-state index in [9.17, 15) is 4.79 Å². The van der Waals surface area contributed by atoms with Crippen molar-refractivity contribution in [3.8, 4) is 11.4 Å². The van der Waals surface area contributed by atoms with Crippen LogP contribution in [0.4, 0.5) is 5.69 Å². The highest BCUT2D eigenvalue weighted by Crippen LogP contribution is 2.18. The molecule has 1 amide bonds. The molecule has 3 heterocycles. The molecule has 1 aromatic carbocycles. The maximum Gasteiger partial charge on any atom is 0.274 e. The summed E-state index contributed by atoms with van der Waals surface area (Å²) < 4.78 is 1.71. The van der Waals surface area contributed by atoms with Crippen LogP contribution in [0.25, 0.3) is 17.0 Å². The van der Waals surface area contributed by atoms with E-state index in [1.54, 1.807) is 16.8 Å². The topological polar surface area (TPSA) is 72.2 Å². The number of aromatic nitrogens is 4. The summed E-state index contributed by atoms with van der Waals surface area (Å²) in [5, 5.41) is 7.41. The van der Waals surface area contributed by atoms with Crippen molar-refractivity contribution in [2.75, 3.05) is 5.32 Å². The molecule has 0 atom stereocenters. The Hall–Kier alpha value is -3.54. The Bertz CT molecular complexity index is 1080. The fourth-order valence-electron chi connectivity index (χ4n) is 2.71. The summed E-state index contributed by atoms with van der Waals surface area (Å²) in [6, 6.07) is 16.9. The van der Waals surface area contributed by atoms with Gasteiger partial charge in [-0.3, -0.25) is 9.78 Å². The van der Waals surface area contributed by atoms with Crippen LogP contribution in [0.5, 0.6) is 0 Å². The lowest BCUT2D eigenvalue weighted by molar-refractivity contribution is 0.102. The largest absolute Gasteiger partial charge is 0.321 e. The first-order valence-corrected chi connectivity index (χ1v) is 8.27. The summed E-state index contributed by atoms with van der Waals surface area (Å²) in [6.07, 6.45) is 1.72. The van der Waals surface area contributed by atoms with Crippen LogP contribution in [0.15, 0.2) is 60.8 Å². The van der Waals surface area contributed by atoms with Crippen LogP contribution in [-0.2, 0) is 0 Å². The van der Waals surface area contributed by atoms with E-state index < -0.39 is 0 Å². The van der Waals surface area contributed by atoms with Crippen LogP contribution >= 0.6 is 0 Å². The SMILES string of the molecule is Cc1ccc(NC(=O)c2cc(C)n3nc(-c4ccccn4)cc3n2)cc1. The molecule has 6 heteroatoms. The van der Waals surface area contributed by atoms with E-state index in [4.69, 9.17) is 0 Å². The molecule has 26 heavy (non-hydrogen) atoms. The Morgan fingerprint density at radius 3 is 2.54 bits per heavy atom. The van der Waals surface area contributed by atoms with Crippen molar-refractivity contribution >= 4 is 17.2 Å². The predicted molar refractivity (Wildman–Crippen MR) is 100 cm³/mol. The van der Waals surface area contributed by atoms with Gasteiger partial charge in [0.2, 0.25) is 0 Å². The van der Waals surface area contributed by atoms with Gasteiger partial charge in [0.05, 0.1) is 5.69 Å². The Morgan fingerprint density at radius 2 is 1.81 bits per heavy atom. The minimum atomic E-state index is -0.250. The zero-order valence-corrected chi connectivity index (χ0v) is 14.5. The van der Waals surface area contributed by atoms with Gasteiger partial charge in [-0.25, -0.2) is 9.50 Å². The van der Waals surface area contributed by atoms with Crippen molar-refractivity contribution in [2.24, 2.45) is 0 Å². The number of fused-ring (bicyclic) bond motifs is 1. The van der Waals surface area contributed by atoms with Gasteiger partial charge < -0.3 is 5.32 Å². The van der Waals surface area contributed by atoms with Gasteiger partial charge in [0.1, 0.15) is 11.4 Å². The summed E-state index contributed by atoms with van der Waals surface area (Å²) in [5.74, 6) is -0.250. The van der Waals surface area contributed by atoms with Gasteiger partial charge in [0, 0.05) is 23.6 Å². The number of carbonyl (C=O) groups is 1. The molecular formula is C20H17N5O. The van der Waals surface area contributed by atoms with E-state index in [-0.39, 0.29) is 5.91 Å². The van der Waals surface area contributed by atoms with Crippen LogP contribution in [-0.4, -0.2) is 25.5 Å². The summed E-state index contributed by atoms with van der Waals surface area (Å²) in [5.41, 5.74) is 5.15. The molecule has 0 saturated carbocycles. The molecule has 0 aliphatic heterocycles. The molecular weight excluding hydrogens is 326 g/mol.